The first-order valence-electron chi connectivity index (χ1n) is 18.1. The second-order valence-electron chi connectivity index (χ2n) is 13.7. The highest BCUT2D eigenvalue weighted by Gasteiger charge is 2.20. The largest absolute Gasteiger partial charge is 0.456 e. The highest BCUT2D eigenvalue weighted by Crippen LogP contribution is 2.44. The van der Waals surface area contributed by atoms with Crippen molar-refractivity contribution in [1.29, 1.82) is 0 Å². The minimum atomic E-state index is 0.864. The molecular weight excluding hydrogens is 645 g/mol. The minimum Gasteiger partial charge on any atom is -0.456 e. The molecule has 0 saturated carbocycles. The number of aromatic nitrogens is 1. The van der Waals surface area contributed by atoms with Crippen LogP contribution in [0.1, 0.15) is 0 Å². The Morgan fingerprint density at radius 1 is 0.377 bits per heavy atom. The summed E-state index contributed by atoms with van der Waals surface area (Å²) in [6, 6.07) is 69.6. The Hall–Kier alpha value is -7.10. The van der Waals surface area contributed by atoms with E-state index in [9.17, 15) is 0 Å². The van der Waals surface area contributed by atoms with Crippen molar-refractivity contribution in [1.82, 2.24) is 4.57 Å². The fraction of sp³-hybridized carbons (Fsp3) is 0. The van der Waals surface area contributed by atoms with E-state index in [-0.39, 0.29) is 0 Å². The first-order chi connectivity index (χ1) is 26.3. The van der Waals surface area contributed by atoms with E-state index in [1.165, 1.54) is 48.9 Å². The van der Waals surface area contributed by atoms with Crippen LogP contribution < -0.4 is 4.90 Å². The summed E-state index contributed by atoms with van der Waals surface area (Å²) in [6.45, 7) is 0. The number of furan rings is 1. The topological polar surface area (TPSA) is 21.3 Å². The molecule has 3 heteroatoms. The van der Waals surface area contributed by atoms with E-state index in [1.807, 2.05) is 0 Å². The molecule has 0 spiro atoms. The van der Waals surface area contributed by atoms with Crippen LogP contribution in [0.4, 0.5) is 17.1 Å². The van der Waals surface area contributed by atoms with Crippen molar-refractivity contribution in [2.75, 3.05) is 4.90 Å². The molecule has 9 aromatic carbocycles. The second-order valence-corrected chi connectivity index (χ2v) is 13.7. The van der Waals surface area contributed by atoms with Gasteiger partial charge in [0.1, 0.15) is 11.2 Å². The van der Waals surface area contributed by atoms with E-state index in [2.05, 4.69) is 204 Å². The van der Waals surface area contributed by atoms with Crippen LogP contribution in [0.3, 0.4) is 0 Å². The molecule has 11 rings (SSSR count). The van der Waals surface area contributed by atoms with Crippen LogP contribution in [0.25, 0.3) is 82.1 Å². The summed E-state index contributed by atoms with van der Waals surface area (Å²) in [5.74, 6) is 0. The molecule has 0 amide bonds. The summed E-state index contributed by atoms with van der Waals surface area (Å²) in [6.07, 6.45) is 0. The standard InChI is InChI=1S/C50H32N2O/c1-3-15-36(16-4-1)51(38-25-23-33-13-7-8-14-34(33)29-38)39-26-27-43-48(31-39)53-49-32-44(40-19-9-10-21-42(40)50(43)49)35-24-28-47-45(30-35)41-20-11-12-22-46(41)52(47)37-17-5-2-6-18-37/h1-32H. The Morgan fingerprint density at radius 2 is 1.04 bits per heavy atom. The molecule has 2 aromatic heterocycles. The van der Waals surface area contributed by atoms with Gasteiger partial charge in [-0.15, -0.1) is 0 Å². The summed E-state index contributed by atoms with van der Waals surface area (Å²) in [7, 11) is 0. The van der Waals surface area contributed by atoms with Crippen molar-refractivity contribution in [2.45, 2.75) is 0 Å². The molecule has 248 valence electrons. The van der Waals surface area contributed by atoms with Gasteiger partial charge >= 0.3 is 0 Å². The molecule has 0 atom stereocenters. The van der Waals surface area contributed by atoms with E-state index < -0.39 is 0 Å². The van der Waals surface area contributed by atoms with Crippen molar-refractivity contribution in [3.63, 3.8) is 0 Å². The number of anilines is 3. The first kappa shape index (κ1) is 29.6. The molecule has 3 nitrogen and oxygen atoms in total. The maximum atomic E-state index is 6.84. The highest BCUT2D eigenvalue weighted by atomic mass is 16.3. The Bertz CT molecular complexity index is 3170. The van der Waals surface area contributed by atoms with Crippen LogP contribution in [0.2, 0.25) is 0 Å². The number of nitrogens with zero attached hydrogens (tertiary/aromatic N) is 2. The van der Waals surface area contributed by atoms with Gasteiger partial charge in [0.2, 0.25) is 0 Å². The number of hydrogen-bond acceptors (Lipinski definition) is 2. The highest BCUT2D eigenvalue weighted by molar-refractivity contribution is 6.23. The average molecular weight is 677 g/mol. The van der Waals surface area contributed by atoms with Gasteiger partial charge in [-0.05, 0) is 105 Å². The normalized spacial score (nSPS) is 11.8. The molecule has 11 aromatic rings. The molecule has 0 aliphatic carbocycles. The Kier molecular flexibility index (Phi) is 6.55. The van der Waals surface area contributed by atoms with E-state index in [1.54, 1.807) is 0 Å². The van der Waals surface area contributed by atoms with E-state index in [4.69, 9.17) is 4.42 Å². The zero-order chi connectivity index (χ0) is 34.9. The molecule has 2 heterocycles. The quantitative estimate of drug-likeness (QED) is 0.181. The van der Waals surface area contributed by atoms with Crippen LogP contribution in [0, 0.1) is 0 Å². The van der Waals surface area contributed by atoms with Crippen molar-refractivity contribution >= 4 is 82.4 Å². The van der Waals surface area contributed by atoms with Gasteiger partial charge in [-0.25, -0.2) is 0 Å². The Labute approximate surface area is 306 Å². The van der Waals surface area contributed by atoms with Crippen molar-refractivity contribution < 1.29 is 4.42 Å². The maximum Gasteiger partial charge on any atom is 0.137 e. The molecule has 0 saturated heterocycles. The third-order valence-electron chi connectivity index (χ3n) is 10.7. The molecule has 0 radical (unpaired) electrons. The third kappa shape index (κ3) is 4.68. The van der Waals surface area contributed by atoms with Crippen molar-refractivity contribution in [3.8, 4) is 16.8 Å². The Morgan fingerprint density at radius 3 is 1.89 bits per heavy atom. The Balaban J connectivity index is 1.10. The number of benzene rings is 9. The lowest BCUT2D eigenvalue weighted by molar-refractivity contribution is 0.669. The monoisotopic (exact) mass is 676 g/mol. The van der Waals surface area contributed by atoms with Gasteiger partial charge < -0.3 is 13.9 Å². The van der Waals surface area contributed by atoms with Crippen molar-refractivity contribution in [3.05, 3.63) is 194 Å². The summed E-state index contributed by atoms with van der Waals surface area (Å²) >= 11 is 0. The summed E-state index contributed by atoms with van der Waals surface area (Å²) in [5.41, 5.74) is 10.9. The fourth-order valence-electron chi connectivity index (χ4n) is 8.34. The number of para-hydroxylation sites is 3. The molecular formula is C50H32N2O. The van der Waals surface area contributed by atoms with Gasteiger partial charge in [-0.1, -0.05) is 115 Å². The average Bonchev–Trinajstić information content (AvgIpc) is 3.76. The predicted molar refractivity (Wildman–Crippen MR) is 223 cm³/mol. The van der Waals surface area contributed by atoms with Gasteiger partial charge in [0.25, 0.3) is 0 Å². The van der Waals surface area contributed by atoms with E-state index in [0.717, 1.165) is 50.3 Å². The fourth-order valence-corrected chi connectivity index (χ4v) is 8.34. The molecule has 0 N–H and O–H groups in total. The third-order valence-corrected chi connectivity index (χ3v) is 10.7. The van der Waals surface area contributed by atoms with Crippen LogP contribution >= 0.6 is 0 Å². The maximum absolute atomic E-state index is 6.84. The number of rotatable bonds is 5. The van der Waals surface area contributed by atoms with Gasteiger partial charge in [0.15, 0.2) is 0 Å². The lowest BCUT2D eigenvalue weighted by Crippen LogP contribution is -2.09. The van der Waals surface area contributed by atoms with Gasteiger partial charge in [0, 0.05) is 50.4 Å². The number of fused-ring (bicyclic) bond motifs is 9. The van der Waals surface area contributed by atoms with Crippen LogP contribution in [0.15, 0.2) is 199 Å². The summed E-state index contributed by atoms with van der Waals surface area (Å²) in [4.78, 5) is 2.31. The first-order valence-corrected chi connectivity index (χ1v) is 18.1. The zero-order valence-electron chi connectivity index (χ0n) is 28.8. The van der Waals surface area contributed by atoms with E-state index in [0.29, 0.717) is 0 Å². The zero-order valence-corrected chi connectivity index (χ0v) is 28.8. The summed E-state index contributed by atoms with van der Waals surface area (Å²) in [5, 5.41) is 9.55. The SMILES string of the molecule is c1ccc(N(c2ccc3ccccc3c2)c2ccc3c(c2)oc2cc(-c4ccc5c(c4)c4ccccc4n5-c4ccccc4)c4ccccc4c23)cc1. The lowest BCUT2D eigenvalue weighted by Gasteiger charge is -2.25. The summed E-state index contributed by atoms with van der Waals surface area (Å²) < 4.78 is 9.21. The van der Waals surface area contributed by atoms with Crippen LogP contribution in [-0.2, 0) is 0 Å². The van der Waals surface area contributed by atoms with Gasteiger partial charge in [-0.3, -0.25) is 0 Å². The minimum absolute atomic E-state index is 0.864. The van der Waals surface area contributed by atoms with Crippen molar-refractivity contribution in [2.24, 2.45) is 0 Å². The predicted octanol–water partition coefficient (Wildman–Crippen LogP) is 14.1. The molecule has 0 unspecified atom stereocenters. The lowest BCUT2D eigenvalue weighted by atomic mass is 9.94. The molecule has 0 bridgehead atoms. The van der Waals surface area contributed by atoms with Gasteiger partial charge in [-0.2, -0.15) is 0 Å². The van der Waals surface area contributed by atoms with Gasteiger partial charge in [0.05, 0.1) is 11.0 Å². The smallest absolute Gasteiger partial charge is 0.137 e. The molecule has 53 heavy (non-hydrogen) atoms. The molecule has 0 aliphatic rings. The second kappa shape index (κ2) is 11.7. The van der Waals surface area contributed by atoms with E-state index >= 15 is 0 Å². The van der Waals surface area contributed by atoms with Crippen LogP contribution in [0.5, 0.6) is 0 Å². The molecule has 0 fully saturated rings. The number of hydrogen-bond donors (Lipinski definition) is 0. The van der Waals surface area contributed by atoms with Crippen LogP contribution in [-0.4, -0.2) is 4.57 Å². The molecule has 0 aliphatic heterocycles.